The van der Waals surface area contributed by atoms with Gasteiger partial charge in [-0.25, -0.2) is 0 Å². The molecule has 1 amide bonds. The zero-order valence-electron chi connectivity index (χ0n) is 13.9. The number of H-pyrrole nitrogens is 1. The highest BCUT2D eigenvalue weighted by atomic mass is 35.5. The van der Waals surface area contributed by atoms with Gasteiger partial charge in [-0.1, -0.05) is 48.9 Å². The number of halogens is 1. The van der Waals surface area contributed by atoms with Gasteiger partial charge in [0.25, 0.3) is 5.91 Å². The minimum absolute atomic E-state index is 0.272. The molecule has 0 unspecified atom stereocenters. The summed E-state index contributed by atoms with van der Waals surface area (Å²) in [7, 11) is 0. The van der Waals surface area contributed by atoms with Crippen LogP contribution in [0.2, 0.25) is 5.02 Å². The summed E-state index contributed by atoms with van der Waals surface area (Å²) in [6, 6.07) is 7.21. The lowest BCUT2D eigenvalue weighted by molar-refractivity contribution is 0.102. The molecule has 0 saturated heterocycles. The third-order valence-corrected chi connectivity index (χ3v) is 5.27. The summed E-state index contributed by atoms with van der Waals surface area (Å²) in [5.74, 6) is 0.104. The predicted molar refractivity (Wildman–Crippen MR) is 100 cm³/mol. The molecule has 2 heterocycles. The first-order valence-electron chi connectivity index (χ1n) is 8.06. The summed E-state index contributed by atoms with van der Waals surface area (Å²) in [5.41, 5.74) is 1.92. The van der Waals surface area contributed by atoms with E-state index in [1.165, 1.54) is 17.5 Å². The van der Waals surface area contributed by atoms with Crippen molar-refractivity contribution in [3.63, 3.8) is 0 Å². The monoisotopic (exact) mass is 375 g/mol. The SMILES string of the molecule is CCC(CC)c1nnc(NC(=O)c2cn[nH]c2-c2ccc(Cl)cc2)s1. The normalized spacial score (nSPS) is 11.0. The maximum Gasteiger partial charge on any atom is 0.261 e. The number of aromatic nitrogens is 4. The number of carbonyl (C=O) groups excluding carboxylic acids is 1. The van der Waals surface area contributed by atoms with Crippen LogP contribution in [0.5, 0.6) is 0 Å². The first-order chi connectivity index (χ1) is 12.1. The van der Waals surface area contributed by atoms with Crippen LogP contribution >= 0.6 is 22.9 Å². The molecule has 130 valence electrons. The maximum absolute atomic E-state index is 12.6. The third-order valence-electron chi connectivity index (χ3n) is 4.01. The standard InChI is InChI=1S/C17H18ClN5OS/c1-3-10(4-2)16-22-23-17(25-16)20-15(24)13-9-19-21-14(13)11-5-7-12(18)8-6-11/h5-10H,3-4H2,1-2H3,(H,19,21)(H,20,23,24). The molecule has 0 aliphatic rings. The summed E-state index contributed by atoms with van der Waals surface area (Å²) in [6.07, 6.45) is 3.51. The number of anilines is 1. The fourth-order valence-corrected chi connectivity index (χ4v) is 3.68. The summed E-state index contributed by atoms with van der Waals surface area (Å²) in [6.45, 7) is 4.25. The van der Waals surface area contributed by atoms with Gasteiger partial charge in [0.1, 0.15) is 5.01 Å². The molecule has 1 aromatic carbocycles. The number of rotatable bonds is 6. The van der Waals surface area contributed by atoms with E-state index < -0.39 is 0 Å². The van der Waals surface area contributed by atoms with Crippen molar-refractivity contribution in [2.45, 2.75) is 32.6 Å². The highest BCUT2D eigenvalue weighted by Gasteiger charge is 2.18. The Bertz CT molecular complexity index is 854. The topological polar surface area (TPSA) is 83.6 Å². The van der Waals surface area contributed by atoms with Crippen molar-refractivity contribution >= 4 is 34.0 Å². The molecule has 0 aliphatic heterocycles. The number of benzene rings is 1. The highest BCUT2D eigenvalue weighted by molar-refractivity contribution is 7.15. The van der Waals surface area contributed by atoms with Gasteiger partial charge in [-0.05, 0) is 25.0 Å². The van der Waals surface area contributed by atoms with Crippen molar-refractivity contribution in [1.29, 1.82) is 0 Å². The average Bonchev–Trinajstić information content (AvgIpc) is 3.26. The molecule has 0 fully saturated rings. The van der Waals surface area contributed by atoms with Gasteiger partial charge < -0.3 is 0 Å². The highest BCUT2D eigenvalue weighted by Crippen LogP contribution is 2.29. The Kier molecular flexibility index (Phi) is 5.45. The minimum Gasteiger partial charge on any atom is -0.296 e. The van der Waals surface area contributed by atoms with Crippen molar-refractivity contribution in [3.05, 3.63) is 46.1 Å². The van der Waals surface area contributed by atoms with Crippen molar-refractivity contribution < 1.29 is 4.79 Å². The zero-order valence-corrected chi connectivity index (χ0v) is 15.5. The van der Waals surface area contributed by atoms with Gasteiger partial charge in [0.2, 0.25) is 5.13 Å². The Morgan fingerprint density at radius 2 is 1.96 bits per heavy atom. The van der Waals surface area contributed by atoms with Crippen molar-refractivity contribution in [2.75, 3.05) is 5.32 Å². The number of hydrogen-bond acceptors (Lipinski definition) is 5. The molecule has 3 rings (SSSR count). The van der Waals surface area contributed by atoms with Crippen LogP contribution in [-0.4, -0.2) is 26.3 Å². The number of amides is 1. The second kappa shape index (κ2) is 7.76. The molecular formula is C17H18ClN5OS. The molecule has 0 atom stereocenters. The van der Waals surface area contributed by atoms with Gasteiger partial charge in [0.15, 0.2) is 0 Å². The molecule has 0 spiro atoms. The van der Waals surface area contributed by atoms with Crippen LogP contribution in [0.25, 0.3) is 11.3 Å². The number of aromatic amines is 1. The first kappa shape index (κ1) is 17.6. The van der Waals surface area contributed by atoms with Crippen LogP contribution in [0.1, 0.15) is 48.0 Å². The second-order valence-corrected chi connectivity index (χ2v) is 7.02. The van der Waals surface area contributed by atoms with Crippen LogP contribution in [0, 0.1) is 0 Å². The fourth-order valence-electron chi connectivity index (χ4n) is 2.55. The Morgan fingerprint density at radius 1 is 1.24 bits per heavy atom. The number of nitrogens with one attached hydrogen (secondary N) is 2. The number of nitrogens with zero attached hydrogens (tertiary/aromatic N) is 3. The zero-order chi connectivity index (χ0) is 17.8. The van der Waals surface area contributed by atoms with Gasteiger partial charge in [-0.15, -0.1) is 10.2 Å². The lowest BCUT2D eigenvalue weighted by atomic mass is 10.1. The smallest absolute Gasteiger partial charge is 0.261 e. The minimum atomic E-state index is -0.272. The van der Waals surface area contributed by atoms with Crippen LogP contribution in [0.15, 0.2) is 30.5 Å². The van der Waals surface area contributed by atoms with Crippen molar-refractivity contribution in [2.24, 2.45) is 0 Å². The van der Waals surface area contributed by atoms with E-state index in [0.717, 1.165) is 23.4 Å². The van der Waals surface area contributed by atoms with Gasteiger partial charge in [-0.2, -0.15) is 5.10 Å². The molecule has 3 aromatic rings. The number of hydrogen-bond donors (Lipinski definition) is 2. The predicted octanol–water partition coefficient (Wildman–Crippen LogP) is 4.74. The quantitative estimate of drug-likeness (QED) is 0.651. The van der Waals surface area contributed by atoms with Crippen LogP contribution in [0.4, 0.5) is 5.13 Å². The Morgan fingerprint density at radius 3 is 2.64 bits per heavy atom. The van der Waals surface area contributed by atoms with E-state index in [2.05, 4.69) is 39.6 Å². The molecular weight excluding hydrogens is 358 g/mol. The van der Waals surface area contributed by atoms with Gasteiger partial charge >= 0.3 is 0 Å². The maximum atomic E-state index is 12.6. The van der Waals surface area contributed by atoms with Gasteiger partial charge in [0.05, 0.1) is 17.5 Å². The van der Waals surface area contributed by atoms with E-state index in [-0.39, 0.29) is 5.91 Å². The lowest BCUT2D eigenvalue weighted by Gasteiger charge is -2.06. The molecule has 8 heteroatoms. The fraction of sp³-hybridized carbons (Fsp3) is 0.294. The summed E-state index contributed by atoms with van der Waals surface area (Å²) in [4.78, 5) is 12.6. The Labute approximate surface area is 154 Å². The molecule has 0 bridgehead atoms. The van der Waals surface area contributed by atoms with E-state index in [1.807, 2.05) is 12.1 Å². The molecule has 6 nitrogen and oxygen atoms in total. The third kappa shape index (κ3) is 3.88. The molecule has 2 N–H and O–H groups in total. The summed E-state index contributed by atoms with van der Waals surface area (Å²) < 4.78 is 0. The average molecular weight is 376 g/mol. The number of carbonyl (C=O) groups is 1. The van der Waals surface area contributed by atoms with E-state index in [4.69, 9.17) is 11.6 Å². The molecule has 0 aliphatic carbocycles. The Hall–Kier alpha value is -2.25. The summed E-state index contributed by atoms with van der Waals surface area (Å²) >= 11 is 7.33. The molecule has 25 heavy (non-hydrogen) atoms. The molecule has 2 aromatic heterocycles. The first-order valence-corrected chi connectivity index (χ1v) is 9.25. The largest absolute Gasteiger partial charge is 0.296 e. The van der Waals surface area contributed by atoms with Crippen LogP contribution in [0.3, 0.4) is 0 Å². The van der Waals surface area contributed by atoms with Gasteiger partial charge in [0, 0.05) is 16.5 Å². The van der Waals surface area contributed by atoms with E-state index in [0.29, 0.717) is 27.3 Å². The molecule has 0 saturated carbocycles. The lowest BCUT2D eigenvalue weighted by Crippen LogP contribution is -2.12. The van der Waals surface area contributed by atoms with Crippen molar-refractivity contribution in [1.82, 2.24) is 20.4 Å². The molecule has 0 radical (unpaired) electrons. The van der Waals surface area contributed by atoms with Gasteiger partial charge in [-0.3, -0.25) is 15.2 Å². The summed E-state index contributed by atoms with van der Waals surface area (Å²) in [5, 5.41) is 20.0. The van der Waals surface area contributed by atoms with E-state index in [1.54, 1.807) is 12.1 Å². The van der Waals surface area contributed by atoms with E-state index >= 15 is 0 Å². The van der Waals surface area contributed by atoms with Crippen LogP contribution in [-0.2, 0) is 0 Å². The van der Waals surface area contributed by atoms with Crippen molar-refractivity contribution in [3.8, 4) is 11.3 Å². The second-order valence-electron chi connectivity index (χ2n) is 5.58. The van der Waals surface area contributed by atoms with Crippen LogP contribution < -0.4 is 5.32 Å². The Balaban J connectivity index is 1.79. The van der Waals surface area contributed by atoms with E-state index in [9.17, 15) is 4.79 Å².